The van der Waals surface area contributed by atoms with Crippen LogP contribution in [0, 0.1) is 0 Å². The highest BCUT2D eigenvalue weighted by molar-refractivity contribution is 6.00. The lowest BCUT2D eigenvalue weighted by Gasteiger charge is -1.95. The van der Waals surface area contributed by atoms with E-state index < -0.39 is 0 Å². The number of fused-ring (bicyclic) bond motifs is 3. The number of hydrogen-bond acceptors (Lipinski definition) is 3. The van der Waals surface area contributed by atoms with Crippen molar-refractivity contribution in [2.24, 2.45) is 0 Å². The SMILES string of the molecule is O=c1[nH]c2ccccc2c2oc(C=Cc3ccccc3)nc12. The highest BCUT2D eigenvalue weighted by Crippen LogP contribution is 2.22. The molecule has 0 spiro atoms. The number of para-hydroxylation sites is 1. The van der Waals surface area contributed by atoms with Gasteiger partial charge in [-0.1, -0.05) is 42.5 Å². The van der Waals surface area contributed by atoms with Crippen LogP contribution in [0.1, 0.15) is 11.5 Å². The van der Waals surface area contributed by atoms with E-state index in [1.54, 1.807) is 6.08 Å². The molecule has 22 heavy (non-hydrogen) atoms. The van der Waals surface area contributed by atoms with Gasteiger partial charge in [0.2, 0.25) is 5.89 Å². The molecule has 0 bridgehead atoms. The smallest absolute Gasteiger partial charge is 0.278 e. The molecule has 0 unspecified atom stereocenters. The van der Waals surface area contributed by atoms with E-state index in [1.807, 2.05) is 60.7 Å². The summed E-state index contributed by atoms with van der Waals surface area (Å²) in [6.07, 6.45) is 3.67. The topological polar surface area (TPSA) is 58.9 Å². The first-order valence-corrected chi connectivity index (χ1v) is 6.96. The summed E-state index contributed by atoms with van der Waals surface area (Å²) in [5.74, 6) is 0.417. The minimum absolute atomic E-state index is 0.239. The maximum atomic E-state index is 12.1. The van der Waals surface area contributed by atoms with Crippen LogP contribution in [0.15, 0.2) is 63.8 Å². The maximum absolute atomic E-state index is 12.1. The van der Waals surface area contributed by atoms with Crippen LogP contribution >= 0.6 is 0 Å². The van der Waals surface area contributed by atoms with Crippen LogP contribution in [-0.4, -0.2) is 9.97 Å². The molecular weight excluding hydrogens is 276 g/mol. The molecule has 4 nitrogen and oxygen atoms in total. The molecule has 0 saturated carbocycles. The van der Waals surface area contributed by atoms with Gasteiger partial charge in [0.15, 0.2) is 11.1 Å². The molecule has 0 aliphatic heterocycles. The summed E-state index contributed by atoms with van der Waals surface area (Å²) in [6.45, 7) is 0. The van der Waals surface area contributed by atoms with E-state index in [0.29, 0.717) is 17.0 Å². The summed E-state index contributed by atoms with van der Waals surface area (Å²) in [5.41, 5.74) is 2.40. The molecular formula is C18H12N2O2. The van der Waals surface area contributed by atoms with Gasteiger partial charge in [-0.05, 0) is 23.8 Å². The molecule has 4 aromatic rings. The minimum atomic E-state index is -0.239. The van der Waals surface area contributed by atoms with Gasteiger partial charge in [0, 0.05) is 11.5 Å². The summed E-state index contributed by atoms with van der Waals surface area (Å²) in [5, 5.41) is 0.851. The quantitative estimate of drug-likeness (QED) is 0.609. The first kappa shape index (κ1) is 12.6. The third-order valence-corrected chi connectivity index (χ3v) is 3.50. The van der Waals surface area contributed by atoms with Crippen molar-refractivity contribution >= 4 is 34.2 Å². The monoisotopic (exact) mass is 288 g/mol. The van der Waals surface area contributed by atoms with E-state index >= 15 is 0 Å². The first-order chi connectivity index (χ1) is 10.8. The predicted octanol–water partition coefficient (Wildman–Crippen LogP) is 3.84. The van der Waals surface area contributed by atoms with Crippen molar-refractivity contribution in [3.63, 3.8) is 0 Å². The molecule has 0 atom stereocenters. The van der Waals surface area contributed by atoms with E-state index in [1.165, 1.54) is 0 Å². The number of pyridine rings is 1. The summed E-state index contributed by atoms with van der Waals surface area (Å²) in [4.78, 5) is 19.2. The van der Waals surface area contributed by atoms with Gasteiger partial charge in [-0.25, -0.2) is 4.98 Å². The average molecular weight is 288 g/mol. The van der Waals surface area contributed by atoms with E-state index in [0.717, 1.165) is 16.5 Å². The van der Waals surface area contributed by atoms with Crippen LogP contribution in [0.25, 0.3) is 34.2 Å². The molecule has 106 valence electrons. The Bertz CT molecular complexity index is 1040. The number of hydrogen-bond donors (Lipinski definition) is 1. The number of benzene rings is 2. The Balaban J connectivity index is 1.87. The fraction of sp³-hybridized carbons (Fsp3) is 0. The zero-order chi connectivity index (χ0) is 14.9. The molecule has 0 aliphatic carbocycles. The second-order valence-electron chi connectivity index (χ2n) is 4.97. The zero-order valence-electron chi connectivity index (χ0n) is 11.6. The van der Waals surface area contributed by atoms with Gasteiger partial charge in [-0.2, -0.15) is 0 Å². The summed E-state index contributed by atoms with van der Waals surface area (Å²) < 4.78 is 5.77. The van der Waals surface area contributed by atoms with Gasteiger partial charge in [0.25, 0.3) is 5.56 Å². The maximum Gasteiger partial charge on any atom is 0.278 e. The molecule has 4 heteroatoms. The largest absolute Gasteiger partial charge is 0.436 e. The third kappa shape index (κ3) is 2.11. The van der Waals surface area contributed by atoms with Crippen molar-refractivity contribution in [2.45, 2.75) is 0 Å². The number of H-pyrrole nitrogens is 1. The second-order valence-corrected chi connectivity index (χ2v) is 4.97. The number of nitrogens with zero attached hydrogens (tertiary/aromatic N) is 1. The summed E-state index contributed by atoms with van der Waals surface area (Å²) >= 11 is 0. The average Bonchev–Trinajstić information content (AvgIpc) is 2.99. The van der Waals surface area contributed by atoms with E-state index in [-0.39, 0.29) is 5.56 Å². The zero-order valence-corrected chi connectivity index (χ0v) is 11.6. The highest BCUT2D eigenvalue weighted by Gasteiger charge is 2.11. The van der Waals surface area contributed by atoms with Crippen molar-refractivity contribution in [3.8, 4) is 0 Å². The Hall–Kier alpha value is -3.14. The third-order valence-electron chi connectivity index (χ3n) is 3.50. The van der Waals surface area contributed by atoms with Crippen LogP contribution in [0.2, 0.25) is 0 Å². The lowest BCUT2D eigenvalue weighted by molar-refractivity contribution is 0.592. The molecule has 0 saturated heterocycles. The van der Waals surface area contributed by atoms with Crippen LogP contribution in [0.3, 0.4) is 0 Å². The highest BCUT2D eigenvalue weighted by atomic mass is 16.3. The normalized spacial score (nSPS) is 11.6. The molecule has 0 aliphatic rings. The molecule has 2 heterocycles. The Morgan fingerprint density at radius 2 is 1.73 bits per heavy atom. The van der Waals surface area contributed by atoms with Crippen molar-refractivity contribution in [1.29, 1.82) is 0 Å². The number of rotatable bonds is 2. The standard InChI is InChI=1S/C18H12N2O2/c21-18-16-17(13-8-4-5-9-14(13)19-18)22-15(20-16)11-10-12-6-2-1-3-7-12/h1-11H,(H,19,21). The number of aromatic amines is 1. The van der Waals surface area contributed by atoms with Crippen molar-refractivity contribution in [3.05, 3.63) is 76.4 Å². The fourth-order valence-electron chi connectivity index (χ4n) is 2.45. The lowest BCUT2D eigenvalue weighted by atomic mass is 10.2. The second kappa shape index (κ2) is 5.00. The molecule has 1 N–H and O–H groups in total. The molecule has 2 aromatic heterocycles. The van der Waals surface area contributed by atoms with Crippen LogP contribution < -0.4 is 5.56 Å². The van der Waals surface area contributed by atoms with Gasteiger partial charge in [0.1, 0.15) is 0 Å². The van der Waals surface area contributed by atoms with Crippen LogP contribution in [-0.2, 0) is 0 Å². The summed E-state index contributed by atoms with van der Waals surface area (Å²) in [6, 6.07) is 17.4. The van der Waals surface area contributed by atoms with Crippen molar-refractivity contribution < 1.29 is 4.42 Å². The number of oxazole rings is 1. The summed E-state index contributed by atoms with van der Waals surface area (Å²) in [7, 11) is 0. The van der Waals surface area contributed by atoms with Crippen molar-refractivity contribution in [2.75, 3.05) is 0 Å². The molecule has 0 fully saturated rings. The fourth-order valence-corrected chi connectivity index (χ4v) is 2.45. The molecule has 0 radical (unpaired) electrons. The van der Waals surface area contributed by atoms with E-state index in [4.69, 9.17) is 4.42 Å². The van der Waals surface area contributed by atoms with E-state index in [9.17, 15) is 4.79 Å². The molecule has 2 aromatic carbocycles. The van der Waals surface area contributed by atoms with Gasteiger partial charge >= 0.3 is 0 Å². The van der Waals surface area contributed by atoms with Crippen LogP contribution in [0.5, 0.6) is 0 Å². The Labute approximate surface area is 125 Å². The number of aromatic nitrogens is 2. The van der Waals surface area contributed by atoms with Crippen LogP contribution in [0.4, 0.5) is 0 Å². The Morgan fingerprint density at radius 1 is 0.955 bits per heavy atom. The van der Waals surface area contributed by atoms with Gasteiger partial charge < -0.3 is 9.40 Å². The number of nitrogens with one attached hydrogen (secondary N) is 1. The minimum Gasteiger partial charge on any atom is -0.436 e. The molecule has 0 amide bonds. The Morgan fingerprint density at radius 3 is 2.59 bits per heavy atom. The first-order valence-electron chi connectivity index (χ1n) is 6.96. The lowest BCUT2D eigenvalue weighted by Crippen LogP contribution is -2.05. The van der Waals surface area contributed by atoms with E-state index in [2.05, 4.69) is 9.97 Å². The van der Waals surface area contributed by atoms with Gasteiger partial charge in [-0.3, -0.25) is 4.79 Å². The Kier molecular flexibility index (Phi) is 2.86. The van der Waals surface area contributed by atoms with Gasteiger partial charge in [0.05, 0.1) is 5.52 Å². The van der Waals surface area contributed by atoms with Gasteiger partial charge in [-0.15, -0.1) is 0 Å². The van der Waals surface area contributed by atoms with Crippen molar-refractivity contribution in [1.82, 2.24) is 9.97 Å². The predicted molar refractivity (Wildman–Crippen MR) is 87.5 cm³/mol. The molecule has 4 rings (SSSR count).